The van der Waals surface area contributed by atoms with Gasteiger partial charge in [0.25, 0.3) is 0 Å². The van der Waals surface area contributed by atoms with Crippen molar-refractivity contribution >= 4 is 28.6 Å². The van der Waals surface area contributed by atoms with Crippen LogP contribution in [0.15, 0.2) is 65.8 Å². The molecule has 2 aromatic carbocycles. The molecule has 6 nitrogen and oxygen atoms in total. The summed E-state index contributed by atoms with van der Waals surface area (Å²) in [5.74, 6) is 1.17. The highest BCUT2D eigenvalue weighted by Crippen LogP contribution is 2.32. The largest absolute Gasteiger partial charge is 0.353 e. The standard InChI is InChI=1S/C25H25N5OS/c1-30-24(28-29-25(30)32-16-23(31)26-18-11-5-6-12-18)20-15-22(17-9-3-2-4-10-17)27-21-14-8-7-13-19(20)21/h2-4,7-10,13-15,18H,5-6,11-12,16H2,1H3,(H,26,31). The number of carbonyl (C=O) groups excluding carboxylic acids is 1. The van der Waals surface area contributed by atoms with Gasteiger partial charge in [0.2, 0.25) is 5.91 Å². The molecule has 0 saturated heterocycles. The van der Waals surface area contributed by atoms with E-state index >= 15 is 0 Å². The van der Waals surface area contributed by atoms with Crippen molar-refractivity contribution in [3.8, 4) is 22.6 Å². The Morgan fingerprint density at radius 3 is 2.62 bits per heavy atom. The van der Waals surface area contributed by atoms with Crippen LogP contribution in [-0.2, 0) is 11.8 Å². The minimum atomic E-state index is 0.0622. The Bertz CT molecular complexity index is 1250. The average Bonchev–Trinajstić information content (AvgIpc) is 3.47. The molecule has 4 aromatic rings. The SMILES string of the molecule is Cn1c(SCC(=O)NC2CCCC2)nnc1-c1cc(-c2ccccc2)nc2ccccc12. The first kappa shape index (κ1) is 20.7. The number of hydrogen-bond donors (Lipinski definition) is 1. The van der Waals surface area contributed by atoms with E-state index in [-0.39, 0.29) is 5.91 Å². The Hall–Kier alpha value is -3.19. The van der Waals surface area contributed by atoms with Gasteiger partial charge in [0.1, 0.15) is 0 Å². The predicted octanol–water partition coefficient (Wildman–Crippen LogP) is 4.85. The fraction of sp³-hybridized carbons (Fsp3) is 0.280. The molecule has 1 aliphatic carbocycles. The summed E-state index contributed by atoms with van der Waals surface area (Å²) >= 11 is 1.42. The summed E-state index contributed by atoms with van der Waals surface area (Å²) in [6.45, 7) is 0. The quantitative estimate of drug-likeness (QED) is 0.431. The maximum absolute atomic E-state index is 12.3. The van der Waals surface area contributed by atoms with Crippen molar-refractivity contribution in [2.75, 3.05) is 5.75 Å². The first-order valence-corrected chi connectivity index (χ1v) is 11.9. The molecule has 5 rings (SSSR count). The van der Waals surface area contributed by atoms with E-state index in [9.17, 15) is 4.79 Å². The second-order valence-corrected chi connectivity index (χ2v) is 9.08. The highest BCUT2D eigenvalue weighted by atomic mass is 32.2. The third-order valence-electron chi connectivity index (χ3n) is 5.91. The van der Waals surface area contributed by atoms with Crippen LogP contribution in [0, 0.1) is 0 Å². The van der Waals surface area contributed by atoms with E-state index < -0.39 is 0 Å². The molecule has 1 amide bonds. The summed E-state index contributed by atoms with van der Waals surface area (Å²) < 4.78 is 1.96. The zero-order valence-corrected chi connectivity index (χ0v) is 18.8. The van der Waals surface area contributed by atoms with E-state index in [0.717, 1.165) is 51.5 Å². The first-order valence-electron chi connectivity index (χ1n) is 11.0. The van der Waals surface area contributed by atoms with Crippen molar-refractivity contribution in [1.82, 2.24) is 25.1 Å². The number of aromatic nitrogens is 4. The Balaban J connectivity index is 1.44. The number of nitrogens with one attached hydrogen (secondary N) is 1. The van der Waals surface area contributed by atoms with Crippen molar-refractivity contribution < 1.29 is 4.79 Å². The first-order chi connectivity index (χ1) is 15.7. The summed E-state index contributed by atoms with van der Waals surface area (Å²) in [4.78, 5) is 17.2. The molecule has 0 radical (unpaired) electrons. The molecule has 0 bridgehead atoms. The smallest absolute Gasteiger partial charge is 0.230 e. The zero-order valence-electron chi connectivity index (χ0n) is 18.0. The van der Waals surface area contributed by atoms with Crippen molar-refractivity contribution in [3.05, 3.63) is 60.7 Å². The minimum Gasteiger partial charge on any atom is -0.353 e. The summed E-state index contributed by atoms with van der Waals surface area (Å²) in [6, 6.07) is 20.6. The van der Waals surface area contributed by atoms with Gasteiger partial charge in [-0.25, -0.2) is 4.98 Å². The van der Waals surface area contributed by atoms with Crippen molar-refractivity contribution in [1.29, 1.82) is 0 Å². The number of thioether (sulfide) groups is 1. The fourth-order valence-corrected chi connectivity index (χ4v) is 4.98. The zero-order chi connectivity index (χ0) is 21.9. The van der Waals surface area contributed by atoms with Crippen LogP contribution in [0.4, 0.5) is 0 Å². The highest BCUT2D eigenvalue weighted by Gasteiger charge is 2.19. The lowest BCUT2D eigenvalue weighted by atomic mass is 10.0. The van der Waals surface area contributed by atoms with Crippen LogP contribution in [0.2, 0.25) is 0 Å². The lowest BCUT2D eigenvalue weighted by molar-refractivity contribution is -0.119. The monoisotopic (exact) mass is 443 g/mol. The Labute approximate surface area is 191 Å². The minimum absolute atomic E-state index is 0.0622. The van der Waals surface area contributed by atoms with Gasteiger partial charge in [0, 0.05) is 29.6 Å². The molecule has 0 unspecified atom stereocenters. The Morgan fingerprint density at radius 2 is 1.81 bits per heavy atom. The molecule has 1 saturated carbocycles. The number of pyridine rings is 1. The number of hydrogen-bond acceptors (Lipinski definition) is 5. The number of carbonyl (C=O) groups is 1. The second kappa shape index (κ2) is 9.12. The van der Waals surface area contributed by atoms with Crippen LogP contribution >= 0.6 is 11.8 Å². The topological polar surface area (TPSA) is 72.7 Å². The predicted molar refractivity (Wildman–Crippen MR) is 128 cm³/mol. The summed E-state index contributed by atoms with van der Waals surface area (Å²) in [5.41, 5.74) is 3.84. The average molecular weight is 444 g/mol. The number of rotatable bonds is 6. The van der Waals surface area contributed by atoms with Crippen molar-refractivity contribution in [2.24, 2.45) is 7.05 Å². The van der Waals surface area contributed by atoms with Crippen LogP contribution in [0.1, 0.15) is 25.7 Å². The molecule has 2 heterocycles. The molecule has 1 aliphatic rings. The molecule has 0 spiro atoms. The number of nitrogens with zero attached hydrogens (tertiary/aromatic N) is 4. The van der Waals surface area contributed by atoms with E-state index in [1.54, 1.807) is 0 Å². The van der Waals surface area contributed by atoms with Gasteiger partial charge in [0.15, 0.2) is 11.0 Å². The van der Waals surface area contributed by atoms with Gasteiger partial charge in [-0.3, -0.25) is 4.79 Å². The fourth-order valence-electron chi connectivity index (χ4n) is 4.26. The van der Waals surface area contributed by atoms with E-state index in [1.807, 2.05) is 48.0 Å². The normalized spacial score (nSPS) is 14.2. The lowest BCUT2D eigenvalue weighted by Crippen LogP contribution is -2.33. The van der Waals surface area contributed by atoms with Crippen LogP contribution in [0.3, 0.4) is 0 Å². The third-order valence-corrected chi connectivity index (χ3v) is 6.93. The molecule has 1 N–H and O–H groups in total. The van der Waals surface area contributed by atoms with Gasteiger partial charge in [-0.2, -0.15) is 0 Å². The number of amides is 1. The molecule has 32 heavy (non-hydrogen) atoms. The van der Waals surface area contributed by atoms with Gasteiger partial charge in [-0.15, -0.1) is 10.2 Å². The summed E-state index contributed by atoms with van der Waals surface area (Å²) in [5, 5.41) is 13.7. The van der Waals surface area contributed by atoms with Gasteiger partial charge in [-0.1, -0.05) is 73.1 Å². The maximum Gasteiger partial charge on any atom is 0.230 e. The molecular weight excluding hydrogens is 418 g/mol. The molecule has 0 aliphatic heterocycles. The molecule has 7 heteroatoms. The Morgan fingerprint density at radius 1 is 1.06 bits per heavy atom. The summed E-state index contributed by atoms with van der Waals surface area (Å²) in [7, 11) is 1.95. The van der Waals surface area contributed by atoms with E-state index in [1.165, 1.54) is 24.6 Å². The molecular formula is C25H25N5OS. The van der Waals surface area contributed by atoms with Crippen molar-refractivity contribution in [2.45, 2.75) is 36.9 Å². The van der Waals surface area contributed by atoms with E-state index in [4.69, 9.17) is 4.98 Å². The van der Waals surface area contributed by atoms with Crippen LogP contribution in [0.5, 0.6) is 0 Å². The number of fused-ring (bicyclic) bond motifs is 1. The number of para-hydroxylation sites is 1. The van der Waals surface area contributed by atoms with Crippen molar-refractivity contribution in [3.63, 3.8) is 0 Å². The van der Waals surface area contributed by atoms with Gasteiger partial charge in [0.05, 0.1) is 17.0 Å². The Kier molecular flexibility index (Phi) is 5.90. The van der Waals surface area contributed by atoms with Crippen LogP contribution in [-0.4, -0.2) is 37.5 Å². The number of benzene rings is 2. The molecule has 2 aromatic heterocycles. The van der Waals surface area contributed by atoms with E-state index in [0.29, 0.717) is 11.8 Å². The second-order valence-electron chi connectivity index (χ2n) is 8.14. The third kappa shape index (κ3) is 4.25. The summed E-state index contributed by atoms with van der Waals surface area (Å²) in [6.07, 6.45) is 4.58. The molecule has 1 fully saturated rings. The maximum atomic E-state index is 12.3. The van der Waals surface area contributed by atoms with E-state index in [2.05, 4.69) is 39.8 Å². The molecule has 162 valence electrons. The van der Waals surface area contributed by atoms with Gasteiger partial charge >= 0.3 is 0 Å². The van der Waals surface area contributed by atoms with Gasteiger partial charge < -0.3 is 9.88 Å². The lowest BCUT2D eigenvalue weighted by Gasteiger charge is -2.12. The van der Waals surface area contributed by atoms with Gasteiger partial charge in [-0.05, 0) is 25.0 Å². The van der Waals surface area contributed by atoms with Crippen LogP contribution < -0.4 is 5.32 Å². The van der Waals surface area contributed by atoms with Crippen LogP contribution in [0.25, 0.3) is 33.5 Å². The highest BCUT2D eigenvalue weighted by molar-refractivity contribution is 7.99. The molecule has 0 atom stereocenters.